The second-order valence-corrected chi connectivity index (χ2v) is 2.99. The number of methoxy groups -OCH3 is 1. The fraction of sp³-hybridized carbons (Fsp3) is 0.500. The van der Waals surface area contributed by atoms with E-state index in [0.29, 0.717) is 19.3 Å². The first-order valence-electron chi connectivity index (χ1n) is 4.64. The third kappa shape index (κ3) is 7.42. The summed E-state index contributed by atoms with van der Waals surface area (Å²) in [5.74, 6) is -0.385. The van der Waals surface area contributed by atoms with Crippen LogP contribution in [0.2, 0.25) is 0 Å². The zero-order valence-electron chi connectivity index (χ0n) is 8.77. The molecule has 0 aliphatic rings. The van der Waals surface area contributed by atoms with Crippen LogP contribution in [-0.2, 0) is 9.53 Å². The van der Waals surface area contributed by atoms with Crippen LogP contribution in [0.15, 0.2) is 24.4 Å². The molecule has 0 spiro atoms. The Morgan fingerprint density at radius 2 is 2.20 bits per heavy atom. The molecule has 0 fully saturated rings. The summed E-state index contributed by atoms with van der Waals surface area (Å²) >= 11 is 0. The lowest BCUT2D eigenvalue weighted by atomic mass is 10.1. The molecule has 0 aliphatic heterocycles. The topological polar surface area (TPSA) is 69.4 Å². The van der Waals surface area contributed by atoms with Gasteiger partial charge in [0, 0.05) is 12.5 Å². The number of esters is 1. The van der Waals surface area contributed by atoms with Gasteiger partial charge in [0.1, 0.15) is 0 Å². The van der Waals surface area contributed by atoms with Gasteiger partial charge in [-0.1, -0.05) is 6.08 Å². The smallest absolute Gasteiger partial charge is 0.330 e. The summed E-state index contributed by atoms with van der Waals surface area (Å²) in [5, 5.41) is 10.2. The quantitative estimate of drug-likeness (QED) is 0.213. The Morgan fingerprint density at radius 1 is 1.53 bits per heavy atom. The van der Waals surface area contributed by atoms with E-state index in [-0.39, 0.29) is 11.7 Å². The highest BCUT2D eigenvalue weighted by Gasteiger charge is 2.04. The van der Waals surface area contributed by atoms with Gasteiger partial charge in [0.25, 0.3) is 0 Å². The second kappa shape index (κ2) is 7.73. The van der Waals surface area contributed by atoms with Gasteiger partial charge in [0.15, 0.2) is 0 Å². The van der Waals surface area contributed by atoms with Gasteiger partial charge in [-0.25, -0.2) is 4.79 Å². The minimum Gasteiger partial charge on any atom is -0.466 e. The molecular formula is C10H15NO4. The molecule has 0 aromatic rings. The predicted molar refractivity (Wildman–Crippen MR) is 55.8 cm³/mol. The van der Waals surface area contributed by atoms with Gasteiger partial charge in [-0.15, -0.1) is 0 Å². The standard InChI is InChI=1S/C10H15NO4/c1-9(11(13)14)7-5-3-4-6-8-10(12)15-2/h6,8H,1,3-5,7H2,2H3/b8-6+. The fourth-order valence-corrected chi connectivity index (χ4v) is 0.930. The van der Waals surface area contributed by atoms with Gasteiger partial charge in [-0.2, -0.15) is 0 Å². The van der Waals surface area contributed by atoms with E-state index in [4.69, 9.17) is 0 Å². The number of nitro groups is 1. The molecule has 5 nitrogen and oxygen atoms in total. The molecule has 0 aliphatic carbocycles. The van der Waals surface area contributed by atoms with Gasteiger partial charge in [-0.3, -0.25) is 10.1 Å². The molecule has 0 atom stereocenters. The number of allylic oxidation sites excluding steroid dienone is 2. The predicted octanol–water partition coefficient (Wildman–Crippen LogP) is 2.07. The van der Waals surface area contributed by atoms with Crippen LogP contribution in [0.3, 0.4) is 0 Å². The number of carbonyl (C=O) groups excluding carboxylic acids is 1. The number of nitrogens with zero attached hydrogens (tertiary/aromatic N) is 1. The number of unbranched alkanes of at least 4 members (excludes halogenated alkanes) is 2. The first-order valence-corrected chi connectivity index (χ1v) is 4.64. The summed E-state index contributed by atoms with van der Waals surface area (Å²) < 4.78 is 4.40. The zero-order valence-corrected chi connectivity index (χ0v) is 8.77. The molecule has 0 radical (unpaired) electrons. The monoisotopic (exact) mass is 213 g/mol. The number of carbonyl (C=O) groups is 1. The van der Waals surface area contributed by atoms with E-state index >= 15 is 0 Å². The fourth-order valence-electron chi connectivity index (χ4n) is 0.930. The van der Waals surface area contributed by atoms with Crippen LogP contribution in [0.5, 0.6) is 0 Å². The highest BCUT2D eigenvalue weighted by Crippen LogP contribution is 2.07. The summed E-state index contributed by atoms with van der Waals surface area (Å²) in [6.07, 6.45) is 5.63. The van der Waals surface area contributed by atoms with Gasteiger partial charge in [0.2, 0.25) is 5.70 Å². The Balaban J connectivity index is 3.48. The van der Waals surface area contributed by atoms with Crippen LogP contribution >= 0.6 is 0 Å². The molecule has 0 saturated heterocycles. The third-order valence-electron chi connectivity index (χ3n) is 1.80. The lowest BCUT2D eigenvalue weighted by Crippen LogP contribution is -1.96. The maximum absolute atomic E-state index is 10.6. The van der Waals surface area contributed by atoms with E-state index in [1.165, 1.54) is 13.2 Å². The molecular weight excluding hydrogens is 198 g/mol. The number of rotatable bonds is 7. The SMILES string of the molecule is C=C(CCCC/C=C/C(=O)OC)[N+](=O)[O-]. The first-order chi connectivity index (χ1) is 7.07. The van der Waals surface area contributed by atoms with E-state index < -0.39 is 4.92 Å². The van der Waals surface area contributed by atoms with Gasteiger partial charge >= 0.3 is 5.97 Å². The number of ether oxygens (including phenoxy) is 1. The normalized spacial score (nSPS) is 10.2. The molecule has 0 amide bonds. The summed E-state index contributed by atoms with van der Waals surface area (Å²) in [4.78, 5) is 20.3. The van der Waals surface area contributed by atoms with Crippen LogP contribution in [0, 0.1) is 10.1 Å². The van der Waals surface area contributed by atoms with Gasteiger partial charge in [0.05, 0.1) is 12.0 Å². The van der Waals surface area contributed by atoms with Crippen molar-refractivity contribution in [3.8, 4) is 0 Å². The average Bonchev–Trinajstić information content (AvgIpc) is 2.22. The molecule has 15 heavy (non-hydrogen) atoms. The van der Waals surface area contributed by atoms with Crippen LogP contribution in [0.25, 0.3) is 0 Å². The van der Waals surface area contributed by atoms with Crippen molar-refractivity contribution in [2.24, 2.45) is 0 Å². The molecule has 84 valence electrons. The molecule has 5 heteroatoms. The molecule has 0 rings (SSSR count). The number of hydrogen-bond acceptors (Lipinski definition) is 4. The number of hydrogen-bond donors (Lipinski definition) is 0. The first kappa shape index (κ1) is 13.4. The molecule has 0 N–H and O–H groups in total. The van der Waals surface area contributed by atoms with Crippen molar-refractivity contribution in [3.63, 3.8) is 0 Å². The largest absolute Gasteiger partial charge is 0.466 e. The highest BCUT2D eigenvalue weighted by atomic mass is 16.6. The Kier molecular flexibility index (Phi) is 6.88. The lowest BCUT2D eigenvalue weighted by molar-refractivity contribution is -0.427. The van der Waals surface area contributed by atoms with Crippen LogP contribution in [0.1, 0.15) is 25.7 Å². The van der Waals surface area contributed by atoms with Crippen LogP contribution in [-0.4, -0.2) is 18.0 Å². The van der Waals surface area contributed by atoms with E-state index in [2.05, 4.69) is 11.3 Å². The Morgan fingerprint density at radius 3 is 2.73 bits per heavy atom. The second-order valence-electron chi connectivity index (χ2n) is 2.99. The summed E-state index contributed by atoms with van der Waals surface area (Å²) in [6.45, 7) is 3.32. The Bertz CT molecular complexity index is 271. The molecule has 0 aromatic carbocycles. The van der Waals surface area contributed by atoms with E-state index in [0.717, 1.165) is 6.42 Å². The molecule has 0 saturated carbocycles. The van der Waals surface area contributed by atoms with Crippen molar-refractivity contribution in [1.82, 2.24) is 0 Å². The minimum absolute atomic E-state index is 0.0342. The van der Waals surface area contributed by atoms with Crippen molar-refractivity contribution in [3.05, 3.63) is 34.5 Å². The van der Waals surface area contributed by atoms with Crippen molar-refractivity contribution >= 4 is 5.97 Å². The Labute approximate surface area is 88.6 Å². The van der Waals surface area contributed by atoms with Crippen molar-refractivity contribution in [2.45, 2.75) is 25.7 Å². The van der Waals surface area contributed by atoms with E-state index in [1.54, 1.807) is 6.08 Å². The van der Waals surface area contributed by atoms with Crippen LogP contribution < -0.4 is 0 Å². The van der Waals surface area contributed by atoms with Crippen molar-refractivity contribution in [2.75, 3.05) is 7.11 Å². The average molecular weight is 213 g/mol. The van der Waals surface area contributed by atoms with Crippen LogP contribution in [0.4, 0.5) is 0 Å². The molecule has 0 bridgehead atoms. The van der Waals surface area contributed by atoms with Crippen molar-refractivity contribution < 1.29 is 14.5 Å². The summed E-state index contributed by atoms with van der Waals surface area (Å²) in [6, 6.07) is 0. The Hall–Kier alpha value is -1.65. The summed E-state index contributed by atoms with van der Waals surface area (Å²) in [7, 11) is 1.31. The molecule has 0 aromatic heterocycles. The van der Waals surface area contributed by atoms with Crippen molar-refractivity contribution in [1.29, 1.82) is 0 Å². The highest BCUT2D eigenvalue weighted by molar-refractivity contribution is 5.81. The molecule has 0 heterocycles. The lowest BCUT2D eigenvalue weighted by Gasteiger charge is -1.95. The molecule has 0 unspecified atom stereocenters. The zero-order chi connectivity index (χ0) is 11.7. The van der Waals surface area contributed by atoms with E-state index in [1.807, 2.05) is 0 Å². The maximum Gasteiger partial charge on any atom is 0.330 e. The van der Waals surface area contributed by atoms with Gasteiger partial charge in [-0.05, 0) is 25.8 Å². The minimum atomic E-state index is -0.468. The maximum atomic E-state index is 10.6. The van der Waals surface area contributed by atoms with E-state index in [9.17, 15) is 14.9 Å². The third-order valence-corrected chi connectivity index (χ3v) is 1.80. The van der Waals surface area contributed by atoms with Gasteiger partial charge < -0.3 is 4.74 Å². The summed E-state index contributed by atoms with van der Waals surface area (Å²) in [5.41, 5.74) is 0.0342.